The van der Waals surface area contributed by atoms with Crippen molar-refractivity contribution >= 4 is 24.4 Å². The zero-order valence-corrected chi connectivity index (χ0v) is 18.3. The molecule has 1 amide bonds. The molecule has 0 radical (unpaired) electrons. The molecule has 164 valence electrons. The van der Waals surface area contributed by atoms with Crippen LogP contribution in [-0.4, -0.2) is 25.8 Å². The second-order valence-electron chi connectivity index (χ2n) is 7.50. The van der Waals surface area contributed by atoms with E-state index < -0.39 is 5.92 Å². The van der Waals surface area contributed by atoms with E-state index in [4.69, 9.17) is 10.5 Å². The number of nitrogens with zero attached hydrogens (tertiary/aromatic N) is 1. The summed E-state index contributed by atoms with van der Waals surface area (Å²) in [5, 5.41) is 2.97. The summed E-state index contributed by atoms with van der Waals surface area (Å²) in [6.45, 7) is 6.25. The Kier molecular flexibility index (Phi) is 8.35. The van der Waals surface area contributed by atoms with Gasteiger partial charge >= 0.3 is 0 Å². The van der Waals surface area contributed by atoms with E-state index in [1.54, 1.807) is 6.20 Å². The summed E-state index contributed by atoms with van der Waals surface area (Å²) in [5.41, 5.74) is 10.8. The molecule has 0 spiro atoms. The van der Waals surface area contributed by atoms with E-state index in [1.165, 1.54) is 5.56 Å². The Hall–Kier alpha value is -3.70. The van der Waals surface area contributed by atoms with Crippen molar-refractivity contribution in [3.63, 3.8) is 0 Å². The van der Waals surface area contributed by atoms with Crippen LogP contribution in [0.15, 0.2) is 84.0 Å². The van der Waals surface area contributed by atoms with E-state index in [2.05, 4.69) is 29.2 Å². The fourth-order valence-electron chi connectivity index (χ4n) is 3.38. The Morgan fingerprint density at radius 1 is 1.12 bits per heavy atom. The first kappa shape index (κ1) is 23.0. The number of hydrogen-bond donors (Lipinski definition) is 2. The highest BCUT2D eigenvalue weighted by Crippen LogP contribution is 2.23. The number of anilines is 1. The monoisotopic (exact) mass is 427 g/mol. The molecule has 5 nitrogen and oxygen atoms in total. The van der Waals surface area contributed by atoms with Crippen LogP contribution >= 0.6 is 0 Å². The third kappa shape index (κ3) is 6.40. The van der Waals surface area contributed by atoms with Gasteiger partial charge in [-0.3, -0.25) is 9.79 Å². The first-order valence-corrected chi connectivity index (χ1v) is 10.6. The number of amides is 1. The van der Waals surface area contributed by atoms with Crippen molar-refractivity contribution in [3.8, 4) is 5.75 Å². The van der Waals surface area contributed by atoms with Gasteiger partial charge in [-0.15, -0.1) is 0 Å². The molecule has 0 aromatic heterocycles. The maximum atomic E-state index is 12.9. The molecular weight excluding hydrogens is 398 g/mol. The fourth-order valence-corrected chi connectivity index (χ4v) is 3.38. The van der Waals surface area contributed by atoms with Crippen molar-refractivity contribution in [2.24, 2.45) is 10.7 Å². The molecule has 3 N–H and O–H groups in total. The van der Waals surface area contributed by atoms with Crippen molar-refractivity contribution in [1.82, 2.24) is 0 Å². The summed E-state index contributed by atoms with van der Waals surface area (Å²) < 4.78 is 5.84. The van der Waals surface area contributed by atoms with Gasteiger partial charge in [0.1, 0.15) is 5.75 Å². The highest BCUT2D eigenvalue weighted by atomic mass is 16.5. The Morgan fingerprint density at radius 3 is 2.56 bits per heavy atom. The molecule has 0 aliphatic heterocycles. The summed E-state index contributed by atoms with van der Waals surface area (Å²) in [6, 6.07) is 23.5. The highest BCUT2D eigenvalue weighted by Gasteiger charge is 2.19. The van der Waals surface area contributed by atoms with Crippen LogP contribution in [0, 0.1) is 6.92 Å². The molecule has 0 heterocycles. The second kappa shape index (κ2) is 11.6. The van der Waals surface area contributed by atoms with Crippen LogP contribution < -0.4 is 15.8 Å². The SMILES string of the molecule is C=N/C=C\c1cc(NC(=O)C(CN)c2ccc(OCCc3ccccc3)cc2)ccc1C. The largest absolute Gasteiger partial charge is 0.493 e. The second-order valence-corrected chi connectivity index (χ2v) is 7.50. The van der Waals surface area contributed by atoms with Crippen LogP contribution in [0.2, 0.25) is 0 Å². The van der Waals surface area contributed by atoms with Crippen LogP contribution in [0.4, 0.5) is 5.69 Å². The maximum Gasteiger partial charge on any atom is 0.233 e. The van der Waals surface area contributed by atoms with Crippen molar-refractivity contribution in [3.05, 3.63) is 101 Å². The quantitative estimate of drug-likeness (QED) is 0.449. The predicted octanol–water partition coefficient (Wildman–Crippen LogP) is 4.97. The molecule has 0 saturated heterocycles. The minimum atomic E-state index is -0.455. The third-order valence-electron chi connectivity index (χ3n) is 5.24. The Morgan fingerprint density at radius 2 is 1.88 bits per heavy atom. The van der Waals surface area contributed by atoms with E-state index >= 15 is 0 Å². The number of ether oxygens (including phenoxy) is 1. The van der Waals surface area contributed by atoms with E-state index in [-0.39, 0.29) is 12.5 Å². The maximum absolute atomic E-state index is 12.9. The highest BCUT2D eigenvalue weighted by molar-refractivity contribution is 5.96. The molecule has 3 aromatic rings. The molecular formula is C27H29N3O2. The van der Waals surface area contributed by atoms with Crippen LogP contribution in [0.25, 0.3) is 6.08 Å². The fraction of sp³-hybridized carbons (Fsp3) is 0.185. The summed E-state index contributed by atoms with van der Waals surface area (Å²) in [4.78, 5) is 16.6. The number of rotatable bonds is 10. The lowest BCUT2D eigenvalue weighted by Gasteiger charge is -2.17. The van der Waals surface area contributed by atoms with Gasteiger partial charge in [-0.05, 0) is 66.2 Å². The van der Waals surface area contributed by atoms with E-state index in [9.17, 15) is 4.79 Å². The van der Waals surface area contributed by atoms with Gasteiger partial charge in [0.15, 0.2) is 0 Å². The minimum absolute atomic E-state index is 0.147. The number of nitrogens with one attached hydrogen (secondary N) is 1. The first-order valence-electron chi connectivity index (χ1n) is 10.6. The summed E-state index contributed by atoms with van der Waals surface area (Å²) >= 11 is 0. The lowest BCUT2D eigenvalue weighted by molar-refractivity contribution is -0.117. The average molecular weight is 428 g/mol. The van der Waals surface area contributed by atoms with E-state index in [1.807, 2.05) is 73.7 Å². The molecule has 0 bridgehead atoms. The van der Waals surface area contributed by atoms with Gasteiger partial charge in [0.05, 0.1) is 12.5 Å². The van der Waals surface area contributed by atoms with Crippen LogP contribution in [-0.2, 0) is 11.2 Å². The van der Waals surface area contributed by atoms with Gasteiger partial charge in [0.25, 0.3) is 0 Å². The van der Waals surface area contributed by atoms with Crippen LogP contribution in [0.1, 0.15) is 28.2 Å². The standard InChI is InChI=1S/C27H29N3O2/c1-20-8-11-24(18-23(20)14-16-29-2)30-27(31)26(19-28)22-9-12-25(13-10-22)32-17-15-21-6-4-3-5-7-21/h3-14,16,18,26H,2,15,17,19,28H2,1H3,(H,30,31)/b16-14-. The Labute approximate surface area is 189 Å². The molecule has 1 atom stereocenters. The summed E-state index contributed by atoms with van der Waals surface area (Å²) in [6.07, 6.45) is 4.32. The van der Waals surface area contributed by atoms with E-state index in [0.717, 1.165) is 28.9 Å². The lowest BCUT2D eigenvalue weighted by Crippen LogP contribution is -2.27. The van der Waals surface area contributed by atoms with Crippen molar-refractivity contribution in [1.29, 1.82) is 0 Å². The number of carbonyl (C=O) groups excluding carboxylic acids is 1. The van der Waals surface area contributed by atoms with Gasteiger partial charge < -0.3 is 15.8 Å². The number of aryl methyl sites for hydroxylation is 1. The summed E-state index contributed by atoms with van der Waals surface area (Å²) in [7, 11) is 0. The zero-order chi connectivity index (χ0) is 22.8. The topological polar surface area (TPSA) is 76.7 Å². The molecule has 5 heteroatoms. The number of aliphatic imine (C=N–C) groups is 1. The molecule has 32 heavy (non-hydrogen) atoms. The third-order valence-corrected chi connectivity index (χ3v) is 5.24. The lowest BCUT2D eigenvalue weighted by atomic mass is 9.98. The molecule has 1 unspecified atom stereocenters. The molecule has 3 aromatic carbocycles. The first-order chi connectivity index (χ1) is 15.6. The van der Waals surface area contributed by atoms with E-state index in [0.29, 0.717) is 12.3 Å². The van der Waals surface area contributed by atoms with Gasteiger partial charge in [0, 0.05) is 24.9 Å². The molecule has 0 aliphatic carbocycles. The number of hydrogen-bond acceptors (Lipinski definition) is 4. The van der Waals surface area contributed by atoms with Crippen molar-refractivity contribution < 1.29 is 9.53 Å². The molecule has 0 fully saturated rings. The predicted molar refractivity (Wildman–Crippen MR) is 132 cm³/mol. The van der Waals surface area contributed by atoms with Gasteiger partial charge in [-0.25, -0.2) is 0 Å². The molecule has 0 aliphatic rings. The van der Waals surface area contributed by atoms with Gasteiger partial charge in [-0.2, -0.15) is 0 Å². The van der Waals surface area contributed by atoms with Crippen LogP contribution in [0.3, 0.4) is 0 Å². The summed E-state index contributed by atoms with van der Waals surface area (Å²) in [5.74, 6) is 0.168. The Balaban J connectivity index is 1.61. The average Bonchev–Trinajstić information content (AvgIpc) is 2.81. The normalized spacial score (nSPS) is 11.8. The van der Waals surface area contributed by atoms with Crippen molar-refractivity contribution in [2.45, 2.75) is 19.3 Å². The minimum Gasteiger partial charge on any atom is -0.493 e. The number of benzene rings is 3. The van der Waals surface area contributed by atoms with Gasteiger partial charge in [-0.1, -0.05) is 48.5 Å². The Bertz CT molecular complexity index is 1060. The molecule has 3 rings (SSSR count). The number of carbonyl (C=O) groups is 1. The zero-order valence-electron chi connectivity index (χ0n) is 18.3. The smallest absolute Gasteiger partial charge is 0.233 e. The van der Waals surface area contributed by atoms with Crippen molar-refractivity contribution in [2.75, 3.05) is 18.5 Å². The van der Waals surface area contributed by atoms with Crippen LogP contribution in [0.5, 0.6) is 5.75 Å². The van der Waals surface area contributed by atoms with Gasteiger partial charge in [0.2, 0.25) is 5.91 Å². The number of nitrogens with two attached hydrogens (primary N) is 1. The molecule has 0 saturated carbocycles.